The maximum Gasteiger partial charge on any atom is 0.228 e. The van der Waals surface area contributed by atoms with Crippen molar-refractivity contribution >= 4 is 23.2 Å². The summed E-state index contributed by atoms with van der Waals surface area (Å²) in [5.41, 5.74) is 2.67. The second-order valence-electron chi connectivity index (χ2n) is 4.04. The standard InChI is InChI=1S/C14H13ClN2O/c1-10-2-3-12(15)9-13(10)17-14(18)8-11-4-6-16-7-5-11/h2-7,9H,8H2,1H3,(H,17,18). The number of nitrogens with zero attached hydrogens (tertiary/aromatic N) is 1. The largest absolute Gasteiger partial charge is 0.326 e. The van der Waals surface area contributed by atoms with Gasteiger partial charge in [-0.3, -0.25) is 9.78 Å². The Kier molecular flexibility index (Phi) is 3.95. The normalized spacial score (nSPS) is 10.1. The van der Waals surface area contributed by atoms with Crippen molar-refractivity contribution in [2.45, 2.75) is 13.3 Å². The van der Waals surface area contributed by atoms with Gasteiger partial charge in [-0.2, -0.15) is 0 Å². The Labute approximate surface area is 111 Å². The van der Waals surface area contributed by atoms with E-state index in [-0.39, 0.29) is 5.91 Å². The number of hydrogen-bond donors (Lipinski definition) is 1. The molecular weight excluding hydrogens is 248 g/mol. The Balaban J connectivity index is 2.05. The van der Waals surface area contributed by atoms with Gasteiger partial charge in [0.2, 0.25) is 5.91 Å². The number of nitrogens with one attached hydrogen (secondary N) is 1. The van der Waals surface area contributed by atoms with Gasteiger partial charge >= 0.3 is 0 Å². The molecule has 1 aromatic carbocycles. The van der Waals surface area contributed by atoms with E-state index < -0.39 is 0 Å². The Hall–Kier alpha value is -1.87. The molecule has 3 nitrogen and oxygen atoms in total. The van der Waals surface area contributed by atoms with E-state index in [9.17, 15) is 4.79 Å². The van der Waals surface area contributed by atoms with Crippen molar-refractivity contribution in [2.75, 3.05) is 5.32 Å². The molecule has 2 aromatic rings. The molecule has 0 atom stereocenters. The average Bonchev–Trinajstić information content (AvgIpc) is 2.35. The zero-order valence-electron chi connectivity index (χ0n) is 9.98. The maximum atomic E-state index is 11.9. The summed E-state index contributed by atoms with van der Waals surface area (Å²) in [5, 5.41) is 3.47. The number of carbonyl (C=O) groups is 1. The Morgan fingerprint density at radius 2 is 2.00 bits per heavy atom. The van der Waals surface area contributed by atoms with Gasteiger partial charge in [0, 0.05) is 23.1 Å². The number of anilines is 1. The zero-order chi connectivity index (χ0) is 13.0. The van der Waals surface area contributed by atoms with Gasteiger partial charge in [-0.25, -0.2) is 0 Å². The van der Waals surface area contributed by atoms with Crippen LogP contribution in [0.4, 0.5) is 5.69 Å². The fourth-order valence-corrected chi connectivity index (χ4v) is 1.78. The molecule has 92 valence electrons. The molecule has 0 fully saturated rings. The number of rotatable bonds is 3. The average molecular weight is 261 g/mol. The number of amides is 1. The minimum absolute atomic E-state index is 0.0634. The lowest BCUT2D eigenvalue weighted by atomic mass is 10.1. The van der Waals surface area contributed by atoms with Crippen molar-refractivity contribution in [3.8, 4) is 0 Å². The summed E-state index contributed by atoms with van der Waals surface area (Å²) < 4.78 is 0. The summed E-state index contributed by atoms with van der Waals surface area (Å²) >= 11 is 5.90. The van der Waals surface area contributed by atoms with Gasteiger partial charge in [-0.05, 0) is 42.3 Å². The Bertz CT molecular complexity index is 555. The van der Waals surface area contributed by atoms with E-state index in [4.69, 9.17) is 11.6 Å². The number of pyridine rings is 1. The molecule has 0 radical (unpaired) electrons. The van der Waals surface area contributed by atoms with Gasteiger partial charge in [0.25, 0.3) is 0 Å². The summed E-state index contributed by atoms with van der Waals surface area (Å²) in [7, 11) is 0. The molecule has 0 saturated heterocycles. The fourth-order valence-electron chi connectivity index (χ4n) is 1.61. The highest BCUT2D eigenvalue weighted by molar-refractivity contribution is 6.31. The van der Waals surface area contributed by atoms with Crippen LogP contribution >= 0.6 is 11.6 Å². The summed E-state index contributed by atoms with van der Waals surface area (Å²) in [4.78, 5) is 15.8. The predicted molar refractivity (Wildman–Crippen MR) is 72.8 cm³/mol. The summed E-state index contributed by atoms with van der Waals surface area (Å²) in [6.07, 6.45) is 3.68. The molecule has 0 aliphatic rings. The third kappa shape index (κ3) is 3.31. The lowest BCUT2D eigenvalue weighted by Crippen LogP contribution is -2.15. The van der Waals surface area contributed by atoms with Crippen molar-refractivity contribution in [3.63, 3.8) is 0 Å². The molecule has 1 aromatic heterocycles. The number of benzene rings is 1. The molecule has 1 heterocycles. The maximum absolute atomic E-state index is 11.9. The van der Waals surface area contributed by atoms with Crippen LogP contribution in [0.25, 0.3) is 0 Å². The highest BCUT2D eigenvalue weighted by atomic mass is 35.5. The third-order valence-corrected chi connectivity index (χ3v) is 2.82. The van der Waals surface area contributed by atoms with Crippen molar-refractivity contribution < 1.29 is 4.79 Å². The molecular formula is C14H13ClN2O. The molecule has 1 amide bonds. The first-order valence-corrected chi connectivity index (χ1v) is 5.98. The summed E-state index contributed by atoms with van der Waals surface area (Å²) in [6.45, 7) is 1.93. The first-order valence-electron chi connectivity index (χ1n) is 5.60. The second kappa shape index (κ2) is 5.65. The molecule has 1 N–H and O–H groups in total. The molecule has 0 aliphatic heterocycles. The van der Waals surface area contributed by atoms with E-state index in [0.29, 0.717) is 11.4 Å². The predicted octanol–water partition coefficient (Wildman–Crippen LogP) is 3.22. The van der Waals surface area contributed by atoms with Gasteiger partial charge < -0.3 is 5.32 Å². The fraction of sp³-hybridized carbons (Fsp3) is 0.143. The number of hydrogen-bond acceptors (Lipinski definition) is 2. The summed E-state index contributed by atoms with van der Waals surface area (Å²) in [6, 6.07) is 9.08. The van der Waals surface area contributed by atoms with Crippen LogP contribution in [0, 0.1) is 6.92 Å². The molecule has 0 saturated carbocycles. The van der Waals surface area contributed by atoms with Crippen molar-refractivity contribution in [1.82, 2.24) is 4.98 Å². The first kappa shape index (κ1) is 12.6. The highest BCUT2D eigenvalue weighted by Crippen LogP contribution is 2.20. The molecule has 0 unspecified atom stereocenters. The second-order valence-corrected chi connectivity index (χ2v) is 4.48. The lowest BCUT2D eigenvalue weighted by Gasteiger charge is -2.08. The van der Waals surface area contributed by atoms with Crippen LogP contribution in [0.15, 0.2) is 42.7 Å². The van der Waals surface area contributed by atoms with E-state index in [2.05, 4.69) is 10.3 Å². The zero-order valence-corrected chi connectivity index (χ0v) is 10.7. The summed E-state index contributed by atoms with van der Waals surface area (Å²) in [5.74, 6) is -0.0634. The third-order valence-electron chi connectivity index (χ3n) is 2.59. The van der Waals surface area contributed by atoms with Gasteiger partial charge in [0.15, 0.2) is 0 Å². The van der Waals surface area contributed by atoms with Crippen molar-refractivity contribution in [1.29, 1.82) is 0 Å². The minimum atomic E-state index is -0.0634. The molecule has 4 heteroatoms. The monoisotopic (exact) mass is 260 g/mol. The number of halogens is 1. The quantitative estimate of drug-likeness (QED) is 0.921. The number of carbonyl (C=O) groups excluding carboxylic acids is 1. The van der Waals surface area contributed by atoms with Crippen LogP contribution in [-0.2, 0) is 11.2 Å². The lowest BCUT2D eigenvalue weighted by molar-refractivity contribution is -0.115. The SMILES string of the molecule is Cc1ccc(Cl)cc1NC(=O)Cc1ccncc1. The van der Waals surface area contributed by atoms with Crippen LogP contribution in [-0.4, -0.2) is 10.9 Å². The van der Waals surface area contributed by atoms with Crippen LogP contribution in [0.3, 0.4) is 0 Å². The molecule has 0 aliphatic carbocycles. The van der Waals surface area contributed by atoms with Crippen LogP contribution in [0.2, 0.25) is 5.02 Å². The topological polar surface area (TPSA) is 42.0 Å². The number of aromatic nitrogens is 1. The van der Waals surface area contributed by atoms with E-state index >= 15 is 0 Å². The van der Waals surface area contributed by atoms with Gasteiger partial charge in [0.1, 0.15) is 0 Å². The first-order chi connectivity index (χ1) is 8.65. The van der Waals surface area contributed by atoms with Crippen LogP contribution in [0.5, 0.6) is 0 Å². The molecule has 2 rings (SSSR count). The van der Waals surface area contributed by atoms with E-state index in [1.54, 1.807) is 24.5 Å². The Morgan fingerprint density at radius 1 is 1.28 bits per heavy atom. The van der Waals surface area contributed by atoms with E-state index in [1.165, 1.54) is 0 Å². The van der Waals surface area contributed by atoms with Crippen LogP contribution < -0.4 is 5.32 Å². The van der Waals surface area contributed by atoms with Crippen molar-refractivity contribution in [2.24, 2.45) is 0 Å². The molecule has 0 spiro atoms. The Morgan fingerprint density at radius 3 is 2.72 bits per heavy atom. The van der Waals surface area contributed by atoms with E-state index in [1.807, 2.05) is 25.1 Å². The number of aryl methyl sites for hydroxylation is 1. The molecule has 18 heavy (non-hydrogen) atoms. The van der Waals surface area contributed by atoms with Crippen molar-refractivity contribution in [3.05, 3.63) is 58.9 Å². The minimum Gasteiger partial charge on any atom is -0.326 e. The van der Waals surface area contributed by atoms with E-state index in [0.717, 1.165) is 16.8 Å². The van der Waals surface area contributed by atoms with Gasteiger partial charge in [0.05, 0.1) is 6.42 Å². The van der Waals surface area contributed by atoms with Crippen LogP contribution in [0.1, 0.15) is 11.1 Å². The van der Waals surface area contributed by atoms with Gasteiger partial charge in [-0.1, -0.05) is 17.7 Å². The molecule has 0 bridgehead atoms. The highest BCUT2D eigenvalue weighted by Gasteiger charge is 2.06. The van der Waals surface area contributed by atoms with Gasteiger partial charge in [-0.15, -0.1) is 0 Å². The smallest absolute Gasteiger partial charge is 0.228 e.